The summed E-state index contributed by atoms with van der Waals surface area (Å²) in [6.07, 6.45) is 1.72. The molecule has 2 rings (SSSR count). The van der Waals surface area contributed by atoms with Crippen LogP contribution in [0.2, 0.25) is 0 Å². The van der Waals surface area contributed by atoms with Crippen LogP contribution in [0.25, 0.3) is 5.70 Å². The number of benzene rings is 1. The number of rotatable bonds is 2. The minimum absolute atomic E-state index is 0.848. The molecule has 1 heterocycles. The third-order valence-electron chi connectivity index (χ3n) is 2.08. The highest BCUT2D eigenvalue weighted by Gasteiger charge is 2.04. The van der Waals surface area contributed by atoms with Gasteiger partial charge < -0.3 is 0 Å². The molecule has 0 unspecified atom stereocenters. The van der Waals surface area contributed by atoms with E-state index in [4.69, 9.17) is 0 Å². The van der Waals surface area contributed by atoms with Crippen molar-refractivity contribution in [3.05, 3.63) is 54.4 Å². The topological polar surface area (TPSA) is 30.7 Å². The van der Waals surface area contributed by atoms with Crippen molar-refractivity contribution in [2.45, 2.75) is 6.92 Å². The SMILES string of the molecule is C=C(c1ccccc1)n1nncc1C. The molecule has 0 atom stereocenters. The van der Waals surface area contributed by atoms with Crippen molar-refractivity contribution in [3.63, 3.8) is 0 Å². The smallest absolute Gasteiger partial charge is 0.0726 e. The summed E-state index contributed by atoms with van der Waals surface area (Å²) in [6.45, 7) is 5.94. The van der Waals surface area contributed by atoms with Crippen LogP contribution in [-0.2, 0) is 0 Å². The van der Waals surface area contributed by atoms with Gasteiger partial charge in [0, 0.05) is 0 Å². The van der Waals surface area contributed by atoms with Crippen molar-refractivity contribution < 1.29 is 0 Å². The Bertz CT molecular complexity index is 443. The Morgan fingerprint density at radius 3 is 2.57 bits per heavy atom. The molecule has 0 aliphatic heterocycles. The maximum atomic E-state index is 3.99. The van der Waals surface area contributed by atoms with Crippen LogP contribution in [0.3, 0.4) is 0 Å². The summed E-state index contributed by atoms with van der Waals surface area (Å²) in [6, 6.07) is 9.94. The maximum Gasteiger partial charge on any atom is 0.0726 e. The van der Waals surface area contributed by atoms with Gasteiger partial charge in [-0.3, -0.25) is 0 Å². The molecular weight excluding hydrogens is 174 g/mol. The van der Waals surface area contributed by atoms with Crippen LogP contribution in [0.5, 0.6) is 0 Å². The molecule has 0 saturated carbocycles. The van der Waals surface area contributed by atoms with E-state index >= 15 is 0 Å². The van der Waals surface area contributed by atoms with E-state index in [-0.39, 0.29) is 0 Å². The molecule has 0 fully saturated rings. The second-order valence-corrected chi connectivity index (χ2v) is 3.10. The molecule has 0 amide bonds. The number of hydrogen-bond donors (Lipinski definition) is 0. The van der Waals surface area contributed by atoms with Crippen LogP contribution in [0, 0.1) is 6.92 Å². The lowest BCUT2D eigenvalue weighted by atomic mass is 10.2. The summed E-state index contributed by atoms with van der Waals surface area (Å²) in [5.74, 6) is 0. The van der Waals surface area contributed by atoms with E-state index in [0.717, 1.165) is 17.0 Å². The minimum atomic E-state index is 0.848. The van der Waals surface area contributed by atoms with E-state index in [2.05, 4.69) is 16.9 Å². The molecule has 14 heavy (non-hydrogen) atoms. The first kappa shape index (κ1) is 8.69. The van der Waals surface area contributed by atoms with Gasteiger partial charge in [-0.15, -0.1) is 5.10 Å². The van der Waals surface area contributed by atoms with Gasteiger partial charge in [-0.25, -0.2) is 4.68 Å². The number of hydrogen-bond acceptors (Lipinski definition) is 2. The average Bonchev–Trinajstić information content (AvgIpc) is 2.65. The molecule has 3 heteroatoms. The Morgan fingerprint density at radius 1 is 1.29 bits per heavy atom. The van der Waals surface area contributed by atoms with Crippen molar-refractivity contribution >= 4 is 5.70 Å². The molecular formula is C11H11N3. The fraction of sp³-hybridized carbons (Fsp3) is 0.0909. The van der Waals surface area contributed by atoms with Crippen molar-refractivity contribution in [1.82, 2.24) is 15.0 Å². The summed E-state index contributed by atoms with van der Waals surface area (Å²) in [5, 5.41) is 7.78. The molecule has 0 bridgehead atoms. The van der Waals surface area contributed by atoms with Crippen LogP contribution in [0.4, 0.5) is 0 Å². The molecule has 0 saturated heterocycles. The van der Waals surface area contributed by atoms with Gasteiger partial charge in [0.25, 0.3) is 0 Å². The highest BCUT2D eigenvalue weighted by atomic mass is 15.4. The fourth-order valence-electron chi connectivity index (χ4n) is 1.31. The standard InChI is InChI=1S/C11H11N3/c1-9-8-12-13-14(9)10(2)11-6-4-3-5-7-11/h3-8H,2H2,1H3. The third kappa shape index (κ3) is 1.44. The van der Waals surface area contributed by atoms with Gasteiger partial charge in [0.15, 0.2) is 0 Å². The van der Waals surface area contributed by atoms with Crippen LogP contribution in [0.15, 0.2) is 43.1 Å². The lowest BCUT2D eigenvalue weighted by Crippen LogP contribution is -2.01. The Morgan fingerprint density at radius 2 is 2.00 bits per heavy atom. The average molecular weight is 185 g/mol. The van der Waals surface area contributed by atoms with Gasteiger partial charge in [-0.1, -0.05) is 42.1 Å². The molecule has 3 nitrogen and oxygen atoms in total. The zero-order valence-corrected chi connectivity index (χ0v) is 8.01. The Hall–Kier alpha value is -1.90. The predicted molar refractivity (Wildman–Crippen MR) is 55.6 cm³/mol. The highest BCUT2D eigenvalue weighted by Crippen LogP contribution is 2.14. The summed E-state index contributed by atoms with van der Waals surface area (Å²) in [7, 11) is 0. The van der Waals surface area contributed by atoms with Gasteiger partial charge in [-0.05, 0) is 12.5 Å². The quantitative estimate of drug-likeness (QED) is 0.717. The zero-order valence-electron chi connectivity index (χ0n) is 8.01. The number of nitrogens with zero attached hydrogens (tertiary/aromatic N) is 3. The fourth-order valence-corrected chi connectivity index (χ4v) is 1.31. The van der Waals surface area contributed by atoms with E-state index in [9.17, 15) is 0 Å². The van der Waals surface area contributed by atoms with Crippen LogP contribution >= 0.6 is 0 Å². The normalized spacial score (nSPS) is 10.1. The summed E-state index contributed by atoms with van der Waals surface area (Å²) in [4.78, 5) is 0. The van der Waals surface area contributed by atoms with Crippen molar-refractivity contribution in [2.75, 3.05) is 0 Å². The van der Waals surface area contributed by atoms with E-state index in [1.807, 2.05) is 37.3 Å². The van der Waals surface area contributed by atoms with Crippen molar-refractivity contribution in [2.24, 2.45) is 0 Å². The summed E-state index contributed by atoms with van der Waals surface area (Å²) >= 11 is 0. The van der Waals surface area contributed by atoms with Crippen molar-refractivity contribution in [1.29, 1.82) is 0 Å². The minimum Gasteiger partial charge on any atom is -0.218 e. The van der Waals surface area contributed by atoms with E-state index in [1.54, 1.807) is 10.9 Å². The molecule has 1 aromatic carbocycles. The molecule has 2 aromatic rings. The zero-order chi connectivity index (χ0) is 9.97. The molecule has 0 spiro atoms. The monoisotopic (exact) mass is 185 g/mol. The molecule has 0 aliphatic carbocycles. The van der Waals surface area contributed by atoms with Crippen LogP contribution in [-0.4, -0.2) is 15.0 Å². The van der Waals surface area contributed by atoms with E-state index in [0.29, 0.717) is 0 Å². The van der Waals surface area contributed by atoms with E-state index < -0.39 is 0 Å². The van der Waals surface area contributed by atoms with Gasteiger partial charge >= 0.3 is 0 Å². The Balaban J connectivity index is 2.39. The van der Waals surface area contributed by atoms with Crippen molar-refractivity contribution in [3.8, 4) is 0 Å². The Kier molecular flexibility index (Phi) is 2.14. The Labute approximate surface area is 82.7 Å². The first-order valence-corrected chi connectivity index (χ1v) is 4.41. The van der Waals surface area contributed by atoms with Crippen LogP contribution < -0.4 is 0 Å². The maximum absolute atomic E-state index is 3.99. The first-order chi connectivity index (χ1) is 6.79. The largest absolute Gasteiger partial charge is 0.218 e. The van der Waals surface area contributed by atoms with Crippen LogP contribution in [0.1, 0.15) is 11.3 Å². The lowest BCUT2D eigenvalue weighted by Gasteiger charge is -2.06. The van der Waals surface area contributed by atoms with E-state index in [1.165, 1.54) is 0 Å². The molecule has 0 N–H and O–H groups in total. The predicted octanol–water partition coefficient (Wildman–Crippen LogP) is 2.11. The molecule has 70 valence electrons. The molecule has 0 aliphatic rings. The number of aryl methyl sites for hydroxylation is 1. The third-order valence-corrected chi connectivity index (χ3v) is 2.08. The van der Waals surface area contributed by atoms with Gasteiger partial charge in [0.1, 0.15) is 0 Å². The molecule has 0 radical (unpaired) electrons. The first-order valence-electron chi connectivity index (χ1n) is 4.41. The summed E-state index contributed by atoms with van der Waals surface area (Å²) < 4.78 is 1.73. The second kappa shape index (κ2) is 3.46. The van der Waals surface area contributed by atoms with Gasteiger partial charge in [0.2, 0.25) is 0 Å². The lowest BCUT2D eigenvalue weighted by molar-refractivity contribution is 0.804. The summed E-state index contributed by atoms with van der Waals surface area (Å²) in [5.41, 5.74) is 2.89. The second-order valence-electron chi connectivity index (χ2n) is 3.10. The van der Waals surface area contributed by atoms with Gasteiger partial charge in [-0.2, -0.15) is 0 Å². The number of aromatic nitrogens is 3. The van der Waals surface area contributed by atoms with Gasteiger partial charge in [0.05, 0.1) is 17.6 Å². The molecule has 1 aromatic heterocycles. The highest BCUT2D eigenvalue weighted by molar-refractivity contribution is 5.63.